The van der Waals surface area contributed by atoms with E-state index in [1.54, 1.807) is 0 Å². The van der Waals surface area contributed by atoms with E-state index in [0.717, 1.165) is 156 Å². The van der Waals surface area contributed by atoms with Gasteiger partial charge in [-0.25, -0.2) is 19.9 Å². The van der Waals surface area contributed by atoms with Gasteiger partial charge in [-0.3, -0.25) is 4.98 Å². The molecule has 0 saturated heterocycles. The number of fused-ring (bicyclic) bond motifs is 21. The minimum Gasteiger partial charge on any atom is -0.316 e. The zero-order valence-electron chi connectivity index (χ0n) is 78.5. The Kier molecular flexibility index (Phi) is 20.0. The molecule has 0 fully saturated rings. The van der Waals surface area contributed by atoms with Crippen molar-refractivity contribution in [2.24, 2.45) is 0 Å². The number of hydrogen-bond donors (Lipinski definition) is 0. The zero-order chi connectivity index (χ0) is 95.5. The van der Waals surface area contributed by atoms with Crippen molar-refractivity contribution in [2.75, 3.05) is 0 Å². The van der Waals surface area contributed by atoms with Crippen molar-refractivity contribution >= 4 is 153 Å². The number of hydrogen-bond acceptors (Lipinski definition) is 5. The van der Waals surface area contributed by atoms with Gasteiger partial charge in [-0.15, -0.1) is 0 Å². The maximum absolute atomic E-state index is 5.43. The van der Waals surface area contributed by atoms with Crippen LogP contribution >= 0.6 is 0 Å². The van der Waals surface area contributed by atoms with Gasteiger partial charge >= 0.3 is 0 Å². The minimum absolute atomic E-state index is 0.698. The fourth-order valence-electron chi connectivity index (χ4n) is 22.3. The molecule has 12 heteroatoms. The number of nitrogens with zero attached hydrogens (tertiary/aromatic N) is 12. The van der Waals surface area contributed by atoms with Gasteiger partial charge in [-0.2, -0.15) is 0 Å². The van der Waals surface area contributed by atoms with E-state index in [-0.39, 0.29) is 0 Å². The summed E-state index contributed by atoms with van der Waals surface area (Å²) in [6.07, 6.45) is 10.3. The standard InChI is InChI=1S/C52H33N5.C41H27N3.C40H26N4/c1-4-14-37(15-5-1)55-31-30-34-24-29-48-49(51(34)55)43-33-36(26-28-47(43)57(48)39-18-8-3-9-19-39)52-53-44-22-12-10-21-41(44)50(54-52)35-25-27-46-42(32-35)40-20-11-13-23-45(40)56(46)38-16-6-2-7-17-38;1-4-12-28(13-5-1)40-34-19-11-10-14-30(34)27-36(42-40)31-21-22-37-35(26-31)39-38(44(37)33-17-8-3-9-18-33)23-20-29-24-25-43(41(29)39)32-15-6-2-7-16-32;1-4-10-27(11-5-1)32-25-36(42-35-20-22-41-26-34(32)35)29-17-18-37-33(24-29)39-38(44(37)31-14-8-3-9-15-31)19-16-28-21-23-43(40(28)39)30-12-6-2-7-13-30/h1-33H;1-27H;1-26H. The fraction of sp³-hybridized carbons (Fsp3) is 0. The van der Waals surface area contributed by atoms with Crippen LogP contribution in [0.2, 0.25) is 0 Å². The molecule has 0 saturated carbocycles. The SMILES string of the molecule is c1ccc(-c2cc(-c3ccc4c(c3)c3c5c(ccc3n4-c3ccccc3)ccn5-c3ccccc3)nc3ccncc23)cc1.c1ccc(-c2nc(-c3ccc4c(c3)c3c5c(ccc3n4-c3ccccc3)ccn5-c3ccccc3)cc3ccccc23)cc1.c1ccc(-n2ccc3ccc4c(c5cc(-c6nc(-c7ccc8c(c7)c7ccccc7n8-c7ccccc7)c7ccccc7n6)ccc5n4-c4ccccc4)c32)cc1. The number of benzene rings is 19. The van der Waals surface area contributed by atoms with E-state index in [1.807, 2.05) is 18.5 Å². The second-order valence-corrected chi connectivity index (χ2v) is 37.1. The molecular formula is C133H86N12. The van der Waals surface area contributed by atoms with E-state index < -0.39 is 0 Å². The number of rotatable bonds is 13. The second kappa shape index (κ2) is 34.7. The monoisotopic (exact) mass is 1850 g/mol. The molecule has 145 heavy (non-hydrogen) atoms. The zero-order valence-corrected chi connectivity index (χ0v) is 78.5. The van der Waals surface area contributed by atoms with Gasteiger partial charge in [0.15, 0.2) is 5.82 Å². The van der Waals surface area contributed by atoms with Crippen LogP contribution in [0, 0.1) is 0 Å². The Morgan fingerprint density at radius 3 is 1.01 bits per heavy atom. The Morgan fingerprint density at radius 2 is 0.524 bits per heavy atom. The van der Waals surface area contributed by atoms with Crippen LogP contribution in [0.25, 0.3) is 260 Å². The Hall–Kier alpha value is -19.7. The molecule has 0 aliphatic rings. The number of pyridine rings is 3. The molecule has 0 spiro atoms. The van der Waals surface area contributed by atoms with Gasteiger partial charge in [-0.05, 0) is 223 Å². The van der Waals surface area contributed by atoms with Gasteiger partial charge in [0.2, 0.25) is 0 Å². The molecule has 0 aliphatic heterocycles. The van der Waals surface area contributed by atoms with E-state index >= 15 is 0 Å². The average Bonchev–Trinajstić information content (AvgIpc) is 1.56. The number of aromatic nitrogens is 12. The first-order chi connectivity index (χ1) is 71.9. The highest BCUT2D eigenvalue weighted by Crippen LogP contribution is 2.48. The van der Waals surface area contributed by atoms with Gasteiger partial charge in [-0.1, -0.05) is 285 Å². The lowest BCUT2D eigenvalue weighted by Gasteiger charge is -2.11. The summed E-state index contributed by atoms with van der Waals surface area (Å²) in [5.74, 6) is 0.698. The van der Waals surface area contributed by atoms with E-state index in [2.05, 4.69) is 541 Å². The van der Waals surface area contributed by atoms with Gasteiger partial charge in [0.1, 0.15) is 0 Å². The van der Waals surface area contributed by atoms with Crippen LogP contribution in [-0.4, -0.2) is 56.9 Å². The first-order valence-corrected chi connectivity index (χ1v) is 49.1. The summed E-state index contributed by atoms with van der Waals surface area (Å²) < 4.78 is 16.4. The largest absolute Gasteiger partial charge is 0.316 e. The van der Waals surface area contributed by atoms with E-state index in [9.17, 15) is 0 Å². The van der Waals surface area contributed by atoms with E-state index in [1.165, 1.54) is 97.9 Å². The van der Waals surface area contributed by atoms with Crippen LogP contribution < -0.4 is 0 Å². The third-order valence-electron chi connectivity index (χ3n) is 28.8. The molecular weight excluding hydrogens is 1770 g/mol. The molecule has 0 atom stereocenters. The summed E-state index contributed by atoms with van der Waals surface area (Å²) in [4.78, 5) is 25.5. The summed E-state index contributed by atoms with van der Waals surface area (Å²) in [6.45, 7) is 0. The van der Waals surface area contributed by atoms with Gasteiger partial charge in [0, 0.05) is 174 Å². The normalized spacial score (nSPS) is 11.7. The summed E-state index contributed by atoms with van der Waals surface area (Å²) in [6, 6.07) is 175. The van der Waals surface area contributed by atoms with Crippen LogP contribution in [0.1, 0.15) is 0 Å². The lowest BCUT2D eigenvalue weighted by molar-refractivity contribution is 1.13. The van der Waals surface area contributed by atoms with Crippen LogP contribution in [0.15, 0.2) is 522 Å². The summed E-state index contributed by atoms with van der Waals surface area (Å²) >= 11 is 0. The highest BCUT2D eigenvalue weighted by Gasteiger charge is 2.27. The Morgan fingerprint density at radius 1 is 0.179 bits per heavy atom. The minimum atomic E-state index is 0.698. The third kappa shape index (κ3) is 14.2. The van der Waals surface area contributed by atoms with E-state index in [0.29, 0.717) is 5.82 Å². The first kappa shape index (κ1) is 83.5. The van der Waals surface area contributed by atoms with Gasteiger partial charge in [0.05, 0.1) is 94.5 Å². The Bertz CT molecular complexity index is 9950. The van der Waals surface area contributed by atoms with Crippen molar-refractivity contribution in [2.45, 2.75) is 0 Å². The summed E-state index contributed by atoms with van der Waals surface area (Å²) in [5, 5.41) is 17.7. The Labute approximate surface area is 833 Å². The van der Waals surface area contributed by atoms with Crippen molar-refractivity contribution < 1.29 is 0 Å². The molecule has 19 aromatic carbocycles. The molecule has 30 aromatic rings. The van der Waals surface area contributed by atoms with E-state index in [4.69, 9.17) is 19.9 Å². The lowest BCUT2D eigenvalue weighted by Crippen LogP contribution is -1.96. The average molecular weight is 1850 g/mol. The smallest absolute Gasteiger partial charge is 0.160 e. The molecule has 0 amide bonds. The molecule has 11 aromatic heterocycles. The van der Waals surface area contributed by atoms with Crippen molar-refractivity contribution in [1.29, 1.82) is 0 Å². The van der Waals surface area contributed by atoms with Crippen LogP contribution in [-0.2, 0) is 0 Å². The highest BCUT2D eigenvalue weighted by atomic mass is 15.0. The van der Waals surface area contributed by atoms with Crippen molar-refractivity contribution in [3.63, 3.8) is 0 Å². The van der Waals surface area contributed by atoms with Gasteiger partial charge < -0.3 is 32.0 Å². The molecule has 0 unspecified atom stereocenters. The maximum Gasteiger partial charge on any atom is 0.160 e. The second-order valence-electron chi connectivity index (χ2n) is 37.1. The number of para-hydroxylation sites is 9. The van der Waals surface area contributed by atoms with Crippen molar-refractivity contribution in [1.82, 2.24) is 56.9 Å². The quantitative estimate of drug-likeness (QED) is 0.115. The van der Waals surface area contributed by atoms with Crippen molar-refractivity contribution in [3.05, 3.63) is 522 Å². The highest BCUT2D eigenvalue weighted by molar-refractivity contribution is 6.25. The molecule has 0 radical (unpaired) electrons. The third-order valence-corrected chi connectivity index (χ3v) is 28.8. The van der Waals surface area contributed by atoms with Crippen LogP contribution in [0.3, 0.4) is 0 Å². The predicted molar refractivity (Wildman–Crippen MR) is 601 cm³/mol. The molecule has 0 N–H and O–H groups in total. The van der Waals surface area contributed by atoms with Gasteiger partial charge in [0.25, 0.3) is 0 Å². The molecule has 30 rings (SSSR count). The summed E-state index contributed by atoms with van der Waals surface area (Å²) in [7, 11) is 0. The fourth-order valence-corrected chi connectivity index (χ4v) is 22.3. The molecule has 12 nitrogen and oxygen atoms in total. The van der Waals surface area contributed by atoms with Crippen LogP contribution in [0.5, 0.6) is 0 Å². The lowest BCUT2D eigenvalue weighted by atomic mass is 9.98. The summed E-state index contributed by atoms with van der Waals surface area (Å²) in [5.41, 5.74) is 34.2. The predicted octanol–water partition coefficient (Wildman–Crippen LogP) is 33.7. The molecule has 11 heterocycles. The maximum atomic E-state index is 5.43. The molecule has 0 aliphatic carbocycles. The van der Waals surface area contributed by atoms with Crippen LogP contribution in [0.4, 0.5) is 0 Å². The first-order valence-electron chi connectivity index (χ1n) is 49.1. The molecule has 0 bridgehead atoms. The Balaban J connectivity index is 0.000000107. The molecule has 678 valence electrons. The van der Waals surface area contributed by atoms with Crippen molar-refractivity contribution in [3.8, 4) is 107 Å². The topological polar surface area (TPSA) is 99.0 Å².